The number of nitrogens with zero attached hydrogens (tertiary/aromatic N) is 4. The highest BCUT2D eigenvalue weighted by molar-refractivity contribution is 5.91. The van der Waals surface area contributed by atoms with Crippen molar-refractivity contribution in [2.45, 2.75) is 32.7 Å². The summed E-state index contributed by atoms with van der Waals surface area (Å²) in [5.74, 6) is 0.773. The summed E-state index contributed by atoms with van der Waals surface area (Å²) in [6.45, 7) is 6.24. The molecule has 7 nitrogen and oxygen atoms in total. The third-order valence-corrected chi connectivity index (χ3v) is 4.38. The molecular weight excluding hydrogens is 294 g/mol. The highest BCUT2D eigenvalue weighted by Gasteiger charge is 2.27. The molecule has 0 saturated carbocycles. The van der Waals surface area contributed by atoms with Gasteiger partial charge < -0.3 is 20.2 Å². The first kappa shape index (κ1) is 17.6. The van der Waals surface area contributed by atoms with Crippen LogP contribution in [0.3, 0.4) is 0 Å². The van der Waals surface area contributed by atoms with Gasteiger partial charge in [0.2, 0.25) is 5.82 Å². The van der Waals surface area contributed by atoms with Gasteiger partial charge in [0.25, 0.3) is 5.91 Å². The molecule has 2 heterocycles. The Morgan fingerprint density at radius 3 is 2.74 bits per heavy atom. The van der Waals surface area contributed by atoms with E-state index in [2.05, 4.69) is 39.2 Å². The van der Waals surface area contributed by atoms with Crippen molar-refractivity contribution in [3.8, 4) is 0 Å². The third-order valence-electron chi connectivity index (χ3n) is 4.38. The molecule has 0 aliphatic carbocycles. The summed E-state index contributed by atoms with van der Waals surface area (Å²) in [7, 11) is 4.18. The van der Waals surface area contributed by atoms with Crippen LogP contribution in [0.4, 0.5) is 5.82 Å². The van der Waals surface area contributed by atoms with Gasteiger partial charge >= 0.3 is 0 Å². The molecule has 1 atom stereocenters. The van der Waals surface area contributed by atoms with Crippen LogP contribution in [0.1, 0.15) is 34.7 Å². The molecule has 1 amide bonds. The van der Waals surface area contributed by atoms with E-state index in [-0.39, 0.29) is 18.3 Å². The normalized spacial score (nSPS) is 17.8. The van der Waals surface area contributed by atoms with E-state index in [1.807, 2.05) is 13.8 Å². The topological polar surface area (TPSA) is 81.6 Å². The summed E-state index contributed by atoms with van der Waals surface area (Å²) in [4.78, 5) is 25.5. The highest BCUT2D eigenvalue weighted by atomic mass is 16.3. The van der Waals surface area contributed by atoms with E-state index in [4.69, 9.17) is 5.11 Å². The second kappa shape index (κ2) is 7.70. The molecule has 0 unspecified atom stereocenters. The first-order valence-corrected chi connectivity index (χ1v) is 8.09. The fraction of sp³-hybridized carbons (Fsp3) is 0.688. The molecule has 2 rings (SSSR count). The molecule has 7 heteroatoms. The second-order valence-corrected chi connectivity index (χ2v) is 6.27. The molecule has 0 spiro atoms. The van der Waals surface area contributed by atoms with Crippen LogP contribution in [0, 0.1) is 13.8 Å². The lowest BCUT2D eigenvalue weighted by Gasteiger charge is -2.23. The monoisotopic (exact) mass is 321 g/mol. The van der Waals surface area contributed by atoms with Crippen molar-refractivity contribution < 1.29 is 9.90 Å². The van der Waals surface area contributed by atoms with Crippen LogP contribution in [0.25, 0.3) is 0 Å². The van der Waals surface area contributed by atoms with Gasteiger partial charge in [-0.05, 0) is 40.8 Å². The zero-order valence-corrected chi connectivity index (χ0v) is 14.5. The molecule has 0 bridgehead atoms. The molecule has 128 valence electrons. The largest absolute Gasteiger partial charge is 0.396 e. The van der Waals surface area contributed by atoms with Crippen LogP contribution >= 0.6 is 0 Å². The molecule has 1 aromatic rings. The van der Waals surface area contributed by atoms with Gasteiger partial charge in [-0.15, -0.1) is 0 Å². The van der Waals surface area contributed by atoms with E-state index < -0.39 is 0 Å². The van der Waals surface area contributed by atoms with Gasteiger partial charge in [-0.1, -0.05) is 0 Å². The van der Waals surface area contributed by atoms with E-state index in [1.165, 1.54) is 0 Å². The minimum absolute atomic E-state index is 0.0546. The van der Waals surface area contributed by atoms with Gasteiger partial charge in [0.15, 0.2) is 0 Å². The number of anilines is 1. The number of hydrogen-bond donors (Lipinski definition) is 2. The number of likely N-dealkylation sites (N-methyl/N-ethyl adjacent to an activating group) is 1. The first-order valence-electron chi connectivity index (χ1n) is 8.09. The Balaban J connectivity index is 2.18. The second-order valence-electron chi connectivity index (χ2n) is 6.27. The number of nitrogens with one attached hydrogen (secondary N) is 1. The average molecular weight is 321 g/mol. The van der Waals surface area contributed by atoms with Gasteiger partial charge in [0.05, 0.1) is 0 Å². The summed E-state index contributed by atoms with van der Waals surface area (Å²) >= 11 is 0. The Morgan fingerprint density at radius 1 is 1.39 bits per heavy atom. The number of rotatable bonds is 6. The van der Waals surface area contributed by atoms with Gasteiger partial charge in [0, 0.05) is 43.5 Å². The molecule has 1 aliphatic rings. The Morgan fingerprint density at radius 2 is 2.13 bits per heavy atom. The number of aryl methyl sites for hydroxylation is 1. The fourth-order valence-electron chi connectivity index (χ4n) is 2.74. The molecule has 1 aliphatic heterocycles. The minimum Gasteiger partial charge on any atom is -0.396 e. The molecule has 1 saturated heterocycles. The van der Waals surface area contributed by atoms with E-state index in [1.54, 1.807) is 0 Å². The molecule has 23 heavy (non-hydrogen) atoms. The number of hydrogen-bond acceptors (Lipinski definition) is 6. The third kappa shape index (κ3) is 4.17. The predicted molar refractivity (Wildman–Crippen MR) is 89.8 cm³/mol. The summed E-state index contributed by atoms with van der Waals surface area (Å²) in [5.41, 5.74) is 1.85. The van der Waals surface area contributed by atoms with Crippen molar-refractivity contribution >= 4 is 11.7 Å². The van der Waals surface area contributed by atoms with Crippen LogP contribution in [0.15, 0.2) is 0 Å². The summed E-state index contributed by atoms with van der Waals surface area (Å²) in [6, 6.07) is 0.506. The lowest BCUT2D eigenvalue weighted by atomic mass is 10.2. The van der Waals surface area contributed by atoms with Crippen molar-refractivity contribution in [3.63, 3.8) is 0 Å². The van der Waals surface area contributed by atoms with Crippen LogP contribution in [-0.4, -0.2) is 72.3 Å². The van der Waals surface area contributed by atoms with Crippen LogP contribution in [0.5, 0.6) is 0 Å². The molecule has 0 radical (unpaired) electrons. The molecular formula is C16H27N5O2. The Bertz CT molecular complexity index is 562. The lowest BCUT2D eigenvalue weighted by molar-refractivity contribution is 0.0940. The van der Waals surface area contributed by atoms with E-state index in [0.29, 0.717) is 19.0 Å². The number of carbonyl (C=O) groups is 1. The van der Waals surface area contributed by atoms with Crippen LogP contribution in [0.2, 0.25) is 0 Å². The van der Waals surface area contributed by atoms with E-state index >= 15 is 0 Å². The van der Waals surface area contributed by atoms with Crippen molar-refractivity contribution in [2.75, 3.05) is 45.2 Å². The lowest BCUT2D eigenvalue weighted by Crippen LogP contribution is -2.33. The zero-order chi connectivity index (χ0) is 17.0. The molecule has 1 aromatic heterocycles. The van der Waals surface area contributed by atoms with Crippen molar-refractivity contribution in [1.82, 2.24) is 20.2 Å². The minimum atomic E-state index is -0.286. The van der Waals surface area contributed by atoms with Gasteiger partial charge in [-0.2, -0.15) is 0 Å². The number of carbonyl (C=O) groups excluding carboxylic acids is 1. The first-order chi connectivity index (χ1) is 10.9. The van der Waals surface area contributed by atoms with Crippen LogP contribution < -0.4 is 10.2 Å². The summed E-state index contributed by atoms with van der Waals surface area (Å²) in [6.07, 6.45) is 1.62. The van der Waals surface area contributed by atoms with Crippen molar-refractivity contribution in [3.05, 3.63) is 17.1 Å². The Hall–Kier alpha value is -1.73. The number of amides is 1. The number of aromatic nitrogens is 2. The smallest absolute Gasteiger partial charge is 0.289 e. The predicted octanol–water partition coefficient (Wildman–Crippen LogP) is 0.346. The zero-order valence-electron chi connectivity index (χ0n) is 14.5. The molecule has 0 aromatic carbocycles. The van der Waals surface area contributed by atoms with Crippen molar-refractivity contribution in [2.24, 2.45) is 0 Å². The fourth-order valence-corrected chi connectivity index (χ4v) is 2.74. The van der Waals surface area contributed by atoms with Gasteiger partial charge in [0.1, 0.15) is 5.82 Å². The molecule has 1 fully saturated rings. The maximum atomic E-state index is 12.2. The Kier molecular flexibility index (Phi) is 5.90. The standard InChI is InChI=1S/C16H27N5O2/c1-11-12(2)18-14(16(23)17-7-5-9-22)19-15(11)21-8-6-13(10-21)20(3)4/h13,22H,5-10H2,1-4H3,(H,17,23)/t13-/m1/s1. The number of aliphatic hydroxyl groups is 1. The average Bonchev–Trinajstić information content (AvgIpc) is 3.00. The highest BCUT2D eigenvalue weighted by Crippen LogP contribution is 2.25. The van der Waals surface area contributed by atoms with E-state index in [9.17, 15) is 4.79 Å². The Labute approximate surface area is 137 Å². The molecule has 2 N–H and O–H groups in total. The SMILES string of the molecule is Cc1nc(C(=O)NCCCO)nc(N2CC[C@@H](N(C)C)C2)c1C. The van der Waals surface area contributed by atoms with Crippen LogP contribution in [-0.2, 0) is 0 Å². The maximum absolute atomic E-state index is 12.2. The van der Waals surface area contributed by atoms with Gasteiger partial charge in [-0.3, -0.25) is 4.79 Å². The summed E-state index contributed by atoms with van der Waals surface area (Å²) < 4.78 is 0. The van der Waals surface area contributed by atoms with E-state index in [0.717, 1.165) is 36.6 Å². The quantitative estimate of drug-likeness (QED) is 0.736. The summed E-state index contributed by atoms with van der Waals surface area (Å²) in [5, 5.41) is 11.5. The van der Waals surface area contributed by atoms with Crippen molar-refractivity contribution in [1.29, 1.82) is 0 Å². The maximum Gasteiger partial charge on any atom is 0.289 e. The number of aliphatic hydroxyl groups excluding tert-OH is 1. The van der Waals surface area contributed by atoms with Gasteiger partial charge in [-0.25, -0.2) is 9.97 Å².